The van der Waals surface area contributed by atoms with E-state index in [0.717, 1.165) is 37.7 Å². The SMILES string of the molecule is CCCCOC(=O)C(C)=C(C)CCCC.[SnH4]. The molecule has 0 unspecified atom stereocenters. The van der Waals surface area contributed by atoms with E-state index < -0.39 is 0 Å². The summed E-state index contributed by atoms with van der Waals surface area (Å²) in [6, 6.07) is 0. The molecule has 0 aliphatic rings. The predicted octanol–water partition coefficient (Wildman–Crippen LogP) is 2.40. The predicted molar refractivity (Wildman–Crippen MR) is 75.1 cm³/mol. The summed E-state index contributed by atoms with van der Waals surface area (Å²) in [7, 11) is 0. The fourth-order valence-corrected chi connectivity index (χ4v) is 1.22. The number of rotatable bonds is 7. The van der Waals surface area contributed by atoms with E-state index in [4.69, 9.17) is 4.74 Å². The fraction of sp³-hybridized carbons (Fsp3) is 0.769. The van der Waals surface area contributed by atoms with E-state index in [0.29, 0.717) is 6.61 Å². The van der Waals surface area contributed by atoms with Crippen LogP contribution in [0.5, 0.6) is 0 Å². The Morgan fingerprint density at radius 3 is 2.12 bits per heavy atom. The third-order valence-corrected chi connectivity index (χ3v) is 2.58. The first-order valence-corrected chi connectivity index (χ1v) is 5.96. The Balaban J connectivity index is 0. The van der Waals surface area contributed by atoms with Crippen molar-refractivity contribution in [1.29, 1.82) is 0 Å². The summed E-state index contributed by atoms with van der Waals surface area (Å²) in [6.07, 6.45) is 5.32. The summed E-state index contributed by atoms with van der Waals surface area (Å²) in [4.78, 5) is 11.5. The van der Waals surface area contributed by atoms with Gasteiger partial charge < -0.3 is 4.74 Å². The molecule has 0 spiro atoms. The van der Waals surface area contributed by atoms with Crippen molar-refractivity contribution in [1.82, 2.24) is 0 Å². The van der Waals surface area contributed by atoms with Gasteiger partial charge in [-0.15, -0.1) is 0 Å². The Kier molecular flexibility index (Phi) is 13.2. The van der Waals surface area contributed by atoms with Crippen LogP contribution in [-0.4, -0.2) is 36.5 Å². The maximum absolute atomic E-state index is 11.5. The molecule has 0 aromatic carbocycles. The van der Waals surface area contributed by atoms with Crippen molar-refractivity contribution >= 4 is 29.9 Å². The molecule has 3 heteroatoms. The molecule has 0 aliphatic heterocycles. The van der Waals surface area contributed by atoms with Gasteiger partial charge in [0.25, 0.3) is 0 Å². The van der Waals surface area contributed by atoms with Gasteiger partial charge in [-0.3, -0.25) is 0 Å². The van der Waals surface area contributed by atoms with E-state index >= 15 is 0 Å². The van der Waals surface area contributed by atoms with Crippen LogP contribution in [0.2, 0.25) is 0 Å². The second kappa shape index (κ2) is 11.5. The van der Waals surface area contributed by atoms with Crippen molar-refractivity contribution < 1.29 is 9.53 Å². The summed E-state index contributed by atoms with van der Waals surface area (Å²) >= 11 is 0. The van der Waals surface area contributed by atoms with Gasteiger partial charge >= 0.3 is 29.9 Å². The number of allylic oxidation sites excluding steroid dienone is 1. The van der Waals surface area contributed by atoms with E-state index in [9.17, 15) is 4.79 Å². The standard InChI is InChI=1S/C13H24O2.Sn.4H/c1-5-7-9-11(3)12(4)13(14)15-10-8-6-2;;;;;/h5-10H2,1-4H3;;;;;. The third kappa shape index (κ3) is 8.19. The minimum atomic E-state index is -0.142. The molecule has 0 saturated carbocycles. The molecule has 0 aromatic heterocycles. The Labute approximate surface area is 117 Å². The normalized spacial score (nSPS) is 11.5. The van der Waals surface area contributed by atoms with Gasteiger partial charge in [0.1, 0.15) is 0 Å². The van der Waals surface area contributed by atoms with Crippen LogP contribution in [0, 0.1) is 0 Å². The van der Waals surface area contributed by atoms with Crippen LogP contribution in [0.15, 0.2) is 11.1 Å². The summed E-state index contributed by atoms with van der Waals surface area (Å²) in [5, 5.41) is 0. The van der Waals surface area contributed by atoms with Gasteiger partial charge in [-0.25, -0.2) is 4.79 Å². The summed E-state index contributed by atoms with van der Waals surface area (Å²) in [6.45, 7) is 8.67. The zero-order valence-electron chi connectivity index (χ0n) is 10.6. The zero-order chi connectivity index (χ0) is 11.7. The Morgan fingerprint density at radius 2 is 1.62 bits per heavy atom. The first-order valence-electron chi connectivity index (χ1n) is 5.96. The molecular weight excluding hydrogens is 307 g/mol. The molecule has 0 amide bonds. The van der Waals surface area contributed by atoms with Gasteiger partial charge in [0.15, 0.2) is 0 Å². The first-order chi connectivity index (χ1) is 7.13. The molecule has 0 radical (unpaired) electrons. The maximum atomic E-state index is 11.5. The molecule has 96 valence electrons. The average Bonchev–Trinajstić information content (AvgIpc) is 2.24. The van der Waals surface area contributed by atoms with Gasteiger partial charge in [-0.2, -0.15) is 0 Å². The Morgan fingerprint density at radius 1 is 1.06 bits per heavy atom. The number of carbonyl (C=O) groups is 1. The van der Waals surface area contributed by atoms with Crippen LogP contribution in [-0.2, 0) is 9.53 Å². The molecule has 0 fully saturated rings. The van der Waals surface area contributed by atoms with Gasteiger partial charge in [0, 0.05) is 5.57 Å². The number of esters is 1. The molecule has 0 saturated heterocycles. The van der Waals surface area contributed by atoms with E-state index in [1.165, 1.54) is 5.57 Å². The Hall–Kier alpha value is 0.00870. The molecule has 0 rings (SSSR count). The fourth-order valence-electron chi connectivity index (χ4n) is 1.22. The van der Waals surface area contributed by atoms with Crippen LogP contribution in [0.25, 0.3) is 0 Å². The average molecular weight is 335 g/mol. The van der Waals surface area contributed by atoms with Crippen molar-refractivity contribution in [3.63, 3.8) is 0 Å². The molecule has 0 aromatic rings. The molecule has 0 aliphatic carbocycles. The second-order valence-electron chi connectivity index (χ2n) is 4.00. The quantitative estimate of drug-likeness (QED) is 0.309. The number of unbranched alkanes of at least 4 members (excludes halogenated alkanes) is 2. The van der Waals surface area contributed by atoms with Crippen molar-refractivity contribution in [2.75, 3.05) is 6.61 Å². The summed E-state index contributed by atoms with van der Waals surface area (Å²) in [5.74, 6) is -0.142. The topological polar surface area (TPSA) is 26.3 Å². The van der Waals surface area contributed by atoms with Crippen LogP contribution in [0.3, 0.4) is 0 Å². The van der Waals surface area contributed by atoms with Crippen molar-refractivity contribution in [2.24, 2.45) is 0 Å². The molecule has 0 heterocycles. The van der Waals surface area contributed by atoms with E-state index in [1.807, 2.05) is 13.8 Å². The van der Waals surface area contributed by atoms with E-state index in [2.05, 4.69) is 13.8 Å². The molecule has 0 bridgehead atoms. The molecule has 0 N–H and O–H groups in total. The van der Waals surface area contributed by atoms with Crippen molar-refractivity contribution in [3.8, 4) is 0 Å². The summed E-state index contributed by atoms with van der Waals surface area (Å²) in [5.41, 5.74) is 1.96. The molecular formula is C13H28O2Sn. The van der Waals surface area contributed by atoms with Crippen LogP contribution >= 0.6 is 0 Å². The van der Waals surface area contributed by atoms with Gasteiger partial charge in [-0.05, 0) is 33.1 Å². The van der Waals surface area contributed by atoms with Gasteiger partial charge in [-0.1, -0.05) is 32.3 Å². The second-order valence-corrected chi connectivity index (χ2v) is 4.00. The van der Waals surface area contributed by atoms with Crippen LogP contribution < -0.4 is 0 Å². The van der Waals surface area contributed by atoms with Crippen LogP contribution in [0.4, 0.5) is 0 Å². The van der Waals surface area contributed by atoms with Crippen LogP contribution in [0.1, 0.15) is 59.8 Å². The van der Waals surface area contributed by atoms with Gasteiger partial charge in [0.05, 0.1) is 6.61 Å². The zero-order valence-corrected chi connectivity index (χ0v) is 10.6. The van der Waals surface area contributed by atoms with Crippen molar-refractivity contribution in [3.05, 3.63) is 11.1 Å². The monoisotopic (exact) mass is 336 g/mol. The van der Waals surface area contributed by atoms with E-state index in [1.54, 1.807) is 0 Å². The van der Waals surface area contributed by atoms with Gasteiger partial charge in [0.2, 0.25) is 0 Å². The molecule has 16 heavy (non-hydrogen) atoms. The third-order valence-electron chi connectivity index (χ3n) is 2.58. The number of carbonyl (C=O) groups excluding carboxylic acids is 1. The van der Waals surface area contributed by atoms with Crippen molar-refractivity contribution in [2.45, 2.75) is 59.8 Å². The molecule has 2 nitrogen and oxygen atoms in total. The Bertz CT molecular complexity index is 222. The van der Waals surface area contributed by atoms with E-state index in [-0.39, 0.29) is 29.9 Å². The number of hydrogen-bond donors (Lipinski definition) is 0. The summed E-state index contributed by atoms with van der Waals surface area (Å²) < 4.78 is 5.15. The number of ether oxygens (including phenoxy) is 1. The number of hydrogen-bond acceptors (Lipinski definition) is 2. The first kappa shape index (κ1) is 18.4. The molecule has 0 atom stereocenters. The minimum absolute atomic E-state index is 0.